The van der Waals surface area contributed by atoms with E-state index in [0.29, 0.717) is 35.5 Å². The number of aliphatic carboxylic acids is 1. The second-order valence-electron chi connectivity index (χ2n) is 11.3. The Kier molecular flexibility index (Phi) is 8.59. The molecule has 0 bridgehead atoms. The van der Waals surface area contributed by atoms with E-state index in [2.05, 4.69) is 20.8 Å². The molecule has 5 N–H and O–H groups in total. The molecule has 4 aliphatic rings. The van der Waals surface area contributed by atoms with Gasteiger partial charge in [-0.05, 0) is 104 Å². The second-order valence-corrected chi connectivity index (χ2v) is 11.3. The third-order valence-corrected chi connectivity index (χ3v) is 10.3. The van der Waals surface area contributed by atoms with Crippen LogP contribution in [-0.4, -0.2) is 68.5 Å². The van der Waals surface area contributed by atoms with Crippen LogP contribution in [0.1, 0.15) is 85.0 Å². The van der Waals surface area contributed by atoms with Crippen LogP contribution in [0.3, 0.4) is 0 Å². The molecule has 30 heavy (non-hydrogen) atoms. The fourth-order valence-corrected chi connectivity index (χ4v) is 8.71. The first-order chi connectivity index (χ1) is 13.2. The first kappa shape index (κ1) is 26.6. The number of hydrogen-bond donors (Lipinski definition) is 3. The maximum atomic E-state index is 11.5. The van der Waals surface area contributed by atoms with E-state index in [9.17, 15) is 15.0 Å². The van der Waals surface area contributed by atoms with Gasteiger partial charge >= 0.3 is 35.5 Å². The second kappa shape index (κ2) is 9.69. The molecule has 10 atom stereocenters. The molecule has 4 fully saturated rings. The van der Waals surface area contributed by atoms with Crippen LogP contribution in [0.2, 0.25) is 0 Å². The summed E-state index contributed by atoms with van der Waals surface area (Å²) in [5, 5.41) is 30.8. The van der Waals surface area contributed by atoms with Crippen LogP contribution in [0.4, 0.5) is 0 Å². The quantitative estimate of drug-likeness (QED) is 0.591. The van der Waals surface area contributed by atoms with Gasteiger partial charge in [0, 0.05) is 6.42 Å². The molecular formula is C24H43NaO5. The van der Waals surface area contributed by atoms with Crippen molar-refractivity contribution in [2.75, 3.05) is 0 Å². The standard InChI is InChI=1S/C24H40O4.Na.H2O.H/c1-14(4-9-22(27)28)18-7-8-19-17-6-5-15-12-16(25)10-11-23(15,2)20(17)13-21(26)24(18,19)3;;;/h14-21,25-26H,4-13H2,1-3H3,(H,27,28);;1H2;/t14-,15-,16-,17+,18-,19+,20+,21+,23+,24-;;;/m1.../s1. The van der Waals surface area contributed by atoms with Gasteiger partial charge in [-0.2, -0.15) is 0 Å². The summed E-state index contributed by atoms with van der Waals surface area (Å²) < 4.78 is 0. The molecule has 0 aromatic heterocycles. The Bertz CT molecular complexity index is 614. The molecule has 170 valence electrons. The minimum absolute atomic E-state index is 0. The molecule has 6 heteroatoms. The van der Waals surface area contributed by atoms with Gasteiger partial charge in [0.2, 0.25) is 0 Å². The van der Waals surface area contributed by atoms with Crippen molar-refractivity contribution in [3.63, 3.8) is 0 Å². The molecule has 4 saturated carbocycles. The van der Waals surface area contributed by atoms with Gasteiger partial charge in [0.15, 0.2) is 0 Å². The van der Waals surface area contributed by atoms with E-state index < -0.39 is 5.97 Å². The van der Waals surface area contributed by atoms with Crippen LogP contribution >= 0.6 is 0 Å². The Balaban J connectivity index is 0.00000160. The van der Waals surface area contributed by atoms with E-state index in [1.807, 2.05) is 0 Å². The summed E-state index contributed by atoms with van der Waals surface area (Å²) in [6, 6.07) is 0. The molecular weight excluding hydrogens is 391 g/mol. The van der Waals surface area contributed by atoms with Crippen LogP contribution in [-0.2, 0) is 4.79 Å². The van der Waals surface area contributed by atoms with Gasteiger partial charge in [-0.3, -0.25) is 4.79 Å². The molecule has 0 aromatic carbocycles. The average Bonchev–Trinajstić information content (AvgIpc) is 3.00. The third kappa shape index (κ3) is 4.17. The molecule has 0 radical (unpaired) electrons. The predicted octanol–water partition coefficient (Wildman–Crippen LogP) is 3.00. The number of carboxylic acid groups (broad SMARTS) is 1. The summed E-state index contributed by atoms with van der Waals surface area (Å²) >= 11 is 0. The van der Waals surface area contributed by atoms with E-state index in [4.69, 9.17) is 5.11 Å². The molecule has 0 unspecified atom stereocenters. The number of fused-ring (bicyclic) bond motifs is 5. The van der Waals surface area contributed by atoms with Crippen LogP contribution in [0.15, 0.2) is 0 Å². The average molecular weight is 435 g/mol. The Labute approximate surface area is 204 Å². The third-order valence-electron chi connectivity index (χ3n) is 10.3. The predicted molar refractivity (Wildman–Crippen MR) is 119 cm³/mol. The van der Waals surface area contributed by atoms with Gasteiger partial charge in [0.25, 0.3) is 0 Å². The first-order valence-corrected chi connectivity index (χ1v) is 11.8. The summed E-state index contributed by atoms with van der Waals surface area (Å²) in [7, 11) is 0. The van der Waals surface area contributed by atoms with Crippen molar-refractivity contribution in [2.45, 2.75) is 97.2 Å². The number of rotatable bonds is 4. The van der Waals surface area contributed by atoms with Crippen molar-refractivity contribution in [3.05, 3.63) is 0 Å². The Morgan fingerprint density at radius 3 is 2.40 bits per heavy atom. The van der Waals surface area contributed by atoms with E-state index in [0.717, 1.165) is 38.5 Å². The van der Waals surface area contributed by atoms with Gasteiger partial charge in [-0.15, -0.1) is 0 Å². The molecule has 0 saturated heterocycles. The summed E-state index contributed by atoms with van der Waals surface area (Å²) in [5.41, 5.74) is 0.216. The molecule has 4 aliphatic carbocycles. The zero-order chi connectivity index (χ0) is 20.3. The van der Waals surface area contributed by atoms with Crippen molar-refractivity contribution in [1.82, 2.24) is 0 Å². The van der Waals surface area contributed by atoms with Crippen LogP contribution in [0, 0.1) is 46.3 Å². The summed E-state index contributed by atoms with van der Waals surface area (Å²) in [6.45, 7) is 6.99. The van der Waals surface area contributed by atoms with Crippen LogP contribution in [0.5, 0.6) is 0 Å². The van der Waals surface area contributed by atoms with Crippen molar-refractivity contribution in [3.8, 4) is 0 Å². The number of carbonyl (C=O) groups is 1. The molecule has 0 heterocycles. The van der Waals surface area contributed by atoms with E-state index >= 15 is 0 Å². The summed E-state index contributed by atoms with van der Waals surface area (Å²) in [4.78, 5) is 11.1. The monoisotopic (exact) mass is 434 g/mol. The van der Waals surface area contributed by atoms with Gasteiger partial charge in [0.1, 0.15) is 0 Å². The van der Waals surface area contributed by atoms with Gasteiger partial charge in [-0.1, -0.05) is 20.8 Å². The van der Waals surface area contributed by atoms with Crippen LogP contribution < -0.4 is 0 Å². The zero-order valence-corrected chi connectivity index (χ0v) is 18.4. The summed E-state index contributed by atoms with van der Waals surface area (Å²) in [6.07, 6.45) is 9.26. The van der Waals surface area contributed by atoms with E-state index in [1.165, 1.54) is 19.3 Å². The summed E-state index contributed by atoms with van der Waals surface area (Å²) in [5.74, 6) is 2.55. The molecule has 0 aliphatic heterocycles. The fraction of sp³-hybridized carbons (Fsp3) is 0.958. The van der Waals surface area contributed by atoms with E-state index in [1.54, 1.807) is 0 Å². The number of carboxylic acids is 1. The molecule has 0 amide bonds. The van der Waals surface area contributed by atoms with Gasteiger partial charge < -0.3 is 20.8 Å². The van der Waals surface area contributed by atoms with Crippen molar-refractivity contribution < 1.29 is 25.6 Å². The van der Waals surface area contributed by atoms with Gasteiger partial charge in [-0.25, -0.2) is 0 Å². The van der Waals surface area contributed by atoms with E-state index in [-0.39, 0.29) is 64.5 Å². The molecule has 4 rings (SSSR count). The van der Waals surface area contributed by atoms with Gasteiger partial charge in [0.05, 0.1) is 12.2 Å². The van der Waals surface area contributed by atoms with Crippen molar-refractivity contribution >= 4 is 35.5 Å². The van der Waals surface area contributed by atoms with Crippen LogP contribution in [0.25, 0.3) is 0 Å². The Morgan fingerprint density at radius 1 is 1.03 bits per heavy atom. The van der Waals surface area contributed by atoms with Crippen molar-refractivity contribution in [1.29, 1.82) is 0 Å². The first-order valence-electron chi connectivity index (χ1n) is 11.8. The normalized spacial score (nSPS) is 48.2. The number of aliphatic hydroxyl groups excluding tert-OH is 2. The zero-order valence-electron chi connectivity index (χ0n) is 18.4. The topological polar surface area (TPSA) is 109 Å². The molecule has 5 nitrogen and oxygen atoms in total. The number of aliphatic hydroxyl groups is 2. The molecule has 0 spiro atoms. The fourth-order valence-electron chi connectivity index (χ4n) is 8.71. The Hall–Kier alpha value is 0.350. The van der Waals surface area contributed by atoms with Crippen molar-refractivity contribution in [2.24, 2.45) is 46.3 Å². The Morgan fingerprint density at radius 2 is 1.73 bits per heavy atom. The number of hydrogen-bond acceptors (Lipinski definition) is 3. The molecule has 0 aromatic rings. The maximum absolute atomic E-state index is 11.5. The SMILES string of the molecule is C[C@H](CCC(=O)O)[C@H]1CC[C@H]2[C@@H]3CC[C@@H]4C[C@H](O)CC[C@]4(C)[C@H]3C[C@H](O)[C@]12C.O.[NaH]. The minimum atomic E-state index is -0.707.